The number of anilines is 1. The SMILES string of the molecule is CCCCC1(CCCC)CCc2cc(N(C)C)ccc2OSC1. The summed E-state index contributed by atoms with van der Waals surface area (Å²) in [6.45, 7) is 4.61. The minimum Gasteiger partial charge on any atom is -0.425 e. The average Bonchev–Trinajstić information content (AvgIpc) is 2.54. The van der Waals surface area contributed by atoms with Gasteiger partial charge in [-0.15, -0.1) is 0 Å². The van der Waals surface area contributed by atoms with Crippen LogP contribution in [0, 0.1) is 5.41 Å². The highest BCUT2D eigenvalue weighted by Gasteiger charge is 2.31. The van der Waals surface area contributed by atoms with Gasteiger partial charge in [-0.2, -0.15) is 0 Å². The second kappa shape index (κ2) is 8.86. The van der Waals surface area contributed by atoms with Crippen LogP contribution >= 0.6 is 12.0 Å². The molecule has 1 aliphatic rings. The minimum atomic E-state index is 0.461. The van der Waals surface area contributed by atoms with E-state index in [9.17, 15) is 0 Å². The van der Waals surface area contributed by atoms with E-state index in [2.05, 4.69) is 51.0 Å². The zero-order valence-corrected chi connectivity index (χ0v) is 16.2. The molecule has 0 saturated heterocycles. The van der Waals surface area contributed by atoms with E-state index < -0.39 is 0 Å². The highest BCUT2D eigenvalue weighted by molar-refractivity contribution is 7.95. The van der Waals surface area contributed by atoms with Crippen LogP contribution in [0.2, 0.25) is 0 Å². The number of aryl methyl sites for hydroxylation is 1. The van der Waals surface area contributed by atoms with Crippen LogP contribution in [0.3, 0.4) is 0 Å². The Morgan fingerprint density at radius 1 is 1.13 bits per heavy atom. The number of rotatable bonds is 7. The van der Waals surface area contributed by atoms with Crippen molar-refractivity contribution >= 4 is 17.7 Å². The van der Waals surface area contributed by atoms with E-state index in [1.54, 1.807) is 12.0 Å². The molecule has 0 aromatic heterocycles. The van der Waals surface area contributed by atoms with Gasteiger partial charge < -0.3 is 9.08 Å². The summed E-state index contributed by atoms with van der Waals surface area (Å²) in [4.78, 5) is 2.17. The fourth-order valence-electron chi connectivity index (χ4n) is 3.43. The topological polar surface area (TPSA) is 12.5 Å². The zero-order chi connectivity index (χ0) is 16.7. The maximum atomic E-state index is 6.08. The monoisotopic (exact) mass is 335 g/mol. The lowest BCUT2D eigenvalue weighted by atomic mass is 9.75. The normalized spacial score (nSPS) is 16.9. The lowest BCUT2D eigenvalue weighted by Gasteiger charge is -2.35. The molecule has 0 N–H and O–H groups in total. The number of benzene rings is 1. The molecule has 0 atom stereocenters. The summed E-state index contributed by atoms with van der Waals surface area (Å²) in [6.07, 6.45) is 10.4. The summed E-state index contributed by atoms with van der Waals surface area (Å²) >= 11 is 1.68. The van der Waals surface area contributed by atoms with Crippen molar-refractivity contribution in [1.82, 2.24) is 0 Å². The van der Waals surface area contributed by atoms with Gasteiger partial charge in [0.05, 0.1) is 12.0 Å². The summed E-state index contributed by atoms with van der Waals surface area (Å²) in [7, 11) is 4.21. The smallest absolute Gasteiger partial charge is 0.140 e. The third-order valence-electron chi connectivity index (χ3n) is 5.12. The van der Waals surface area contributed by atoms with Crippen molar-refractivity contribution in [3.05, 3.63) is 23.8 Å². The van der Waals surface area contributed by atoms with Crippen LogP contribution in [0.15, 0.2) is 18.2 Å². The van der Waals surface area contributed by atoms with Gasteiger partial charge in [0.2, 0.25) is 0 Å². The molecule has 1 aliphatic heterocycles. The van der Waals surface area contributed by atoms with Crippen LogP contribution in [0.5, 0.6) is 5.75 Å². The van der Waals surface area contributed by atoms with Gasteiger partial charge in [0.1, 0.15) is 5.75 Å². The molecule has 0 radical (unpaired) electrons. The predicted octanol–water partition coefficient (Wildman–Crippen LogP) is 6.09. The standard InChI is InChI=1S/C20H33NOS/c1-5-7-12-20(13-8-6-2)14-11-17-15-18(21(3)4)9-10-19(17)22-23-16-20/h9-10,15H,5-8,11-14,16H2,1-4H3. The Balaban J connectivity index is 2.17. The Morgan fingerprint density at radius 2 is 1.83 bits per heavy atom. The van der Waals surface area contributed by atoms with Gasteiger partial charge in [-0.25, -0.2) is 0 Å². The number of hydrogen-bond donors (Lipinski definition) is 0. The van der Waals surface area contributed by atoms with Crippen LogP contribution in [0.4, 0.5) is 5.69 Å². The van der Waals surface area contributed by atoms with Crippen molar-refractivity contribution in [3.63, 3.8) is 0 Å². The van der Waals surface area contributed by atoms with Crippen molar-refractivity contribution in [2.45, 2.75) is 65.2 Å². The molecule has 1 aromatic carbocycles. The predicted molar refractivity (Wildman–Crippen MR) is 104 cm³/mol. The molecule has 0 aliphatic carbocycles. The molecule has 23 heavy (non-hydrogen) atoms. The fourth-order valence-corrected chi connectivity index (χ4v) is 4.47. The molecular formula is C20H33NOS. The molecule has 130 valence electrons. The van der Waals surface area contributed by atoms with Gasteiger partial charge in [-0.1, -0.05) is 39.5 Å². The Hall–Kier alpha value is -0.830. The van der Waals surface area contributed by atoms with Gasteiger partial charge in [-0.05, 0) is 54.9 Å². The quantitative estimate of drug-likeness (QED) is 0.559. The highest BCUT2D eigenvalue weighted by Crippen LogP contribution is 2.43. The molecule has 3 heteroatoms. The van der Waals surface area contributed by atoms with E-state index in [0.717, 1.165) is 17.9 Å². The van der Waals surface area contributed by atoms with E-state index in [1.807, 2.05) is 0 Å². The lowest BCUT2D eigenvalue weighted by molar-refractivity contribution is 0.238. The van der Waals surface area contributed by atoms with Crippen molar-refractivity contribution in [1.29, 1.82) is 0 Å². The molecule has 0 spiro atoms. The van der Waals surface area contributed by atoms with Gasteiger partial charge in [0.25, 0.3) is 0 Å². The number of unbranched alkanes of at least 4 members (excludes halogenated alkanes) is 2. The molecule has 0 unspecified atom stereocenters. The van der Waals surface area contributed by atoms with Crippen molar-refractivity contribution < 1.29 is 4.18 Å². The van der Waals surface area contributed by atoms with E-state index in [-0.39, 0.29) is 0 Å². The third-order valence-corrected chi connectivity index (χ3v) is 6.15. The minimum absolute atomic E-state index is 0.461. The Labute approximate surface area is 147 Å². The van der Waals surface area contributed by atoms with Crippen molar-refractivity contribution in [3.8, 4) is 5.75 Å². The molecule has 2 nitrogen and oxygen atoms in total. The summed E-state index contributed by atoms with van der Waals surface area (Å²) in [6, 6.07) is 6.61. The molecule has 2 rings (SSSR count). The zero-order valence-electron chi connectivity index (χ0n) is 15.4. The van der Waals surface area contributed by atoms with Crippen molar-refractivity contribution in [2.75, 3.05) is 24.7 Å². The Kier molecular flexibility index (Phi) is 7.13. The van der Waals surface area contributed by atoms with Crippen LogP contribution in [0.25, 0.3) is 0 Å². The second-order valence-electron chi connectivity index (χ2n) is 7.24. The number of fused-ring (bicyclic) bond motifs is 1. The summed E-state index contributed by atoms with van der Waals surface area (Å²) in [5.41, 5.74) is 3.11. The van der Waals surface area contributed by atoms with Gasteiger partial charge in [0.15, 0.2) is 0 Å². The van der Waals surface area contributed by atoms with Crippen LogP contribution in [0.1, 0.15) is 64.4 Å². The van der Waals surface area contributed by atoms with E-state index in [1.165, 1.54) is 56.2 Å². The van der Waals surface area contributed by atoms with E-state index in [4.69, 9.17) is 4.18 Å². The maximum Gasteiger partial charge on any atom is 0.140 e. The van der Waals surface area contributed by atoms with Crippen molar-refractivity contribution in [2.24, 2.45) is 5.41 Å². The maximum absolute atomic E-state index is 6.08. The first-order valence-electron chi connectivity index (χ1n) is 9.20. The lowest BCUT2D eigenvalue weighted by Crippen LogP contribution is -2.27. The molecule has 1 aromatic rings. The average molecular weight is 336 g/mol. The van der Waals surface area contributed by atoms with Gasteiger partial charge in [0, 0.05) is 25.5 Å². The summed E-state index contributed by atoms with van der Waals surface area (Å²) in [5, 5.41) is 0. The van der Waals surface area contributed by atoms with Crippen LogP contribution in [-0.4, -0.2) is 19.8 Å². The summed E-state index contributed by atoms with van der Waals surface area (Å²) < 4.78 is 6.08. The van der Waals surface area contributed by atoms with Crippen LogP contribution < -0.4 is 9.08 Å². The molecule has 0 bridgehead atoms. The third kappa shape index (κ3) is 5.07. The molecule has 0 saturated carbocycles. The molecule has 0 fully saturated rings. The largest absolute Gasteiger partial charge is 0.425 e. The fraction of sp³-hybridized carbons (Fsp3) is 0.700. The highest BCUT2D eigenvalue weighted by atomic mass is 32.2. The van der Waals surface area contributed by atoms with Crippen LogP contribution in [-0.2, 0) is 6.42 Å². The second-order valence-corrected chi connectivity index (χ2v) is 7.93. The first kappa shape index (κ1) is 18.5. The molecule has 0 amide bonds. The Morgan fingerprint density at radius 3 is 2.43 bits per heavy atom. The summed E-state index contributed by atoms with van der Waals surface area (Å²) in [5.74, 6) is 2.21. The number of hydrogen-bond acceptors (Lipinski definition) is 3. The van der Waals surface area contributed by atoms with Gasteiger partial charge in [-0.3, -0.25) is 0 Å². The molecular weight excluding hydrogens is 302 g/mol. The van der Waals surface area contributed by atoms with Gasteiger partial charge >= 0.3 is 0 Å². The van der Waals surface area contributed by atoms with E-state index in [0.29, 0.717) is 5.41 Å². The molecule has 1 heterocycles. The Bertz CT molecular complexity index is 479. The first-order chi connectivity index (χ1) is 11.1. The number of nitrogens with zero attached hydrogens (tertiary/aromatic N) is 1. The van der Waals surface area contributed by atoms with E-state index >= 15 is 0 Å². The first-order valence-corrected chi connectivity index (χ1v) is 10.1.